The Kier molecular flexibility index (Phi) is 12600. The van der Waals surface area contributed by atoms with Crippen molar-refractivity contribution >= 4 is 14.1 Å². The Balaban J connectivity index is -0.000000000333. The molecule has 0 heterocycles. The van der Waals surface area contributed by atoms with E-state index in [9.17, 15) is 0 Å². The average molecular weight is 240 g/mol. The third-order valence-electron chi connectivity index (χ3n) is 0. The molecule has 8 heavy (non-hydrogen) atoms. The van der Waals surface area contributed by atoms with Crippen LogP contribution in [0, 0.1) is 0 Å². The molecule has 0 saturated carbocycles. The topological polar surface area (TPSA) is 189 Å². The van der Waals surface area contributed by atoms with Gasteiger partial charge in [-0.1, -0.05) is 0 Å². The fraction of sp³-hybridized carbons (Fsp3) is 0. The van der Waals surface area contributed by atoms with Crippen LogP contribution >= 0.6 is 14.1 Å². The molecule has 0 aromatic rings. The number of hydrogen-bond acceptors (Lipinski definition) is 0. The summed E-state index contributed by atoms with van der Waals surface area (Å²) in [5.41, 5.74) is 0. The maximum absolute atomic E-state index is 2.81. The van der Waals surface area contributed by atoms with Crippen molar-refractivity contribution in [3.8, 4) is 0 Å². The van der Waals surface area contributed by atoms with Gasteiger partial charge >= 0.3 is 28.5 Å². The first-order valence-electron chi connectivity index (χ1n) is 0.154. The molecule has 6 nitrogen and oxygen atoms in total. The number of rotatable bonds is 0. The molecule has 0 atom stereocenters. The van der Waals surface area contributed by atoms with Crippen molar-refractivity contribution in [3.63, 3.8) is 0 Å². The third-order valence-corrected chi connectivity index (χ3v) is 0. The second kappa shape index (κ2) is 597. The molecule has 0 fully saturated rings. The molecule has 0 saturated heterocycles. The van der Waals surface area contributed by atoms with Gasteiger partial charge in [0.05, 0.1) is 0 Å². The zero-order valence-electron chi connectivity index (χ0n) is 3.79. The monoisotopic (exact) mass is 239 g/mol. The van der Waals surface area contributed by atoms with Crippen LogP contribution in [-0.4, -0.2) is 32.9 Å². The molecular weight excluding hydrogens is 228 g/mol. The molecule has 12 N–H and O–H groups in total. The van der Waals surface area contributed by atoms with Crippen LogP contribution in [0.5, 0.6) is 0 Å². The summed E-state index contributed by atoms with van der Waals surface area (Å²) in [5, 5.41) is 0. The van der Waals surface area contributed by atoms with E-state index < -0.39 is 0 Å². The van der Waals surface area contributed by atoms with Crippen LogP contribution in [-0.2, 0) is 14.5 Å². The Morgan fingerprint density at radius 2 is 0.500 bits per heavy atom. The van der Waals surface area contributed by atoms with Crippen LogP contribution in [0.4, 0.5) is 0 Å². The first-order valence-corrected chi connectivity index (χ1v) is 3.31. The van der Waals surface area contributed by atoms with Crippen molar-refractivity contribution in [2.45, 2.75) is 0 Å². The standard InChI is InChI=1S/BrH.Cr.6H2O/h1H;;6*1H2/q;+1;;;;;;/p-1. The molecule has 0 aliphatic rings. The van der Waals surface area contributed by atoms with Crippen LogP contribution < -0.4 is 0 Å². The van der Waals surface area contributed by atoms with Crippen molar-refractivity contribution in [2.24, 2.45) is 0 Å². The molecule has 0 bridgehead atoms. The number of halogens is 1. The Morgan fingerprint density at radius 3 is 0.500 bits per heavy atom. The molecule has 0 amide bonds. The molecule has 0 rings (SSSR count). The number of hydrogen-bond donors (Lipinski definition) is 0. The fourth-order valence-corrected chi connectivity index (χ4v) is 0. The Labute approximate surface area is 61.8 Å². The van der Waals surface area contributed by atoms with Crippen molar-refractivity contribution in [2.75, 3.05) is 0 Å². The molecule has 0 unspecified atom stereocenters. The van der Waals surface area contributed by atoms with E-state index in [-0.39, 0.29) is 32.9 Å². The molecule has 0 aromatic carbocycles. The van der Waals surface area contributed by atoms with E-state index in [4.69, 9.17) is 0 Å². The first-order chi connectivity index (χ1) is 1.00. The predicted molar refractivity (Wildman–Crippen MR) is 30.6 cm³/mol. The normalized spacial score (nSPS) is 0.625. The Bertz CT molecular complexity index is 8.49. The van der Waals surface area contributed by atoms with Gasteiger partial charge in [-0.2, -0.15) is 0 Å². The molecule has 8 heteroatoms. The Hall–Kier alpha value is 0.772. The van der Waals surface area contributed by atoms with Crippen LogP contribution in [0.25, 0.3) is 0 Å². The maximum atomic E-state index is 2.81. The fourth-order valence-electron chi connectivity index (χ4n) is 0. The summed E-state index contributed by atoms with van der Waals surface area (Å²) < 4.78 is 0. The summed E-state index contributed by atoms with van der Waals surface area (Å²) in [7, 11) is 0. The summed E-state index contributed by atoms with van der Waals surface area (Å²) in [6.07, 6.45) is 0. The second-order valence-corrected chi connectivity index (χ2v) is 0. The molecule has 0 spiro atoms. The van der Waals surface area contributed by atoms with Gasteiger partial charge < -0.3 is 32.9 Å². The summed E-state index contributed by atoms with van der Waals surface area (Å²) in [6, 6.07) is 0. The van der Waals surface area contributed by atoms with E-state index in [1.165, 1.54) is 0 Å². The van der Waals surface area contributed by atoms with Crippen molar-refractivity contribution in [3.05, 3.63) is 0 Å². The third kappa shape index (κ3) is 378. The molecular formula is H12BrCrO6. The summed E-state index contributed by atoms with van der Waals surface area (Å²) in [6.45, 7) is 0. The first kappa shape index (κ1) is 169. The molecule has 0 radical (unpaired) electrons. The van der Waals surface area contributed by atoms with Gasteiger partial charge in [0.15, 0.2) is 0 Å². The molecule has 0 aliphatic heterocycles. The van der Waals surface area contributed by atoms with Gasteiger partial charge in [-0.15, -0.1) is 0 Å². The summed E-state index contributed by atoms with van der Waals surface area (Å²) in [4.78, 5) is 0. The summed E-state index contributed by atoms with van der Waals surface area (Å²) in [5.74, 6) is 0. The van der Waals surface area contributed by atoms with E-state index >= 15 is 0 Å². The van der Waals surface area contributed by atoms with E-state index in [1.54, 1.807) is 0 Å². The van der Waals surface area contributed by atoms with Gasteiger partial charge in [0.1, 0.15) is 0 Å². The van der Waals surface area contributed by atoms with E-state index in [0.717, 1.165) is 0 Å². The Morgan fingerprint density at radius 1 is 0.500 bits per heavy atom. The zero-order valence-corrected chi connectivity index (χ0v) is 6.65. The van der Waals surface area contributed by atoms with Gasteiger partial charge in [-0.05, 0) is 0 Å². The van der Waals surface area contributed by atoms with Gasteiger partial charge in [-0.3, -0.25) is 0 Å². The van der Waals surface area contributed by atoms with Crippen molar-refractivity contribution in [1.82, 2.24) is 0 Å². The average Bonchev–Trinajstić information content (AvgIpc) is 1.00. The zero-order chi connectivity index (χ0) is 2.00. The molecule has 0 aromatic heterocycles. The van der Waals surface area contributed by atoms with Crippen LogP contribution in [0.2, 0.25) is 0 Å². The van der Waals surface area contributed by atoms with Gasteiger partial charge in [0, 0.05) is 0 Å². The van der Waals surface area contributed by atoms with Crippen LogP contribution in [0.3, 0.4) is 0 Å². The summed E-state index contributed by atoms with van der Waals surface area (Å²) >= 11 is 5.25. The van der Waals surface area contributed by atoms with Crippen molar-refractivity contribution in [1.29, 1.82) is 0 Å². The molecule has 61 valence electrons. The van der Waals surface area contributed by atoms with Gasteiger partial charge in [0.2, 0.25) is 0 Å². The van der Waals surface area contributed by atoms with E-state index in [2.05, 4.69) is 28.5 Å². The predicted octanol–water partition coefficient (Wildman–Crippen LogP) is -4.11. The van der Waals surface area contributed by atoms with Crippen molar-refractivity contribution < 1.29 is 47.3 Å². The minimum atomic E-state index is 0. The van der Waals surface area contributed by atoms with Gasteiger partial charge in [-0.25, -0.2) is 0 Å². The van der Waals surface area contributed by atoms with E-state index in [1.807, 2.05) is 0 Å². The second-order valence-electron chi connectivity index (χ2n) is 0. The van der Waals surface area contributed by atoms with Crippen LogP contribution in [0.15, 0.2) is 0 Å². The van der Waals surface area contributed by atoms with Crippen LogP contribution in [0.1, 0.15) is 0 Å². The van der Waals surface area contributed by atoms with E-state index in [0.29, 0.717) is 0 Å². The minimum absolute atomic E-state index is 0. The SMILES string of the molecule is O.O.O.O.O.O.[Cr][Br]. The molecule has 0 aliphatic carbocycles. The van der Waals surface area contributed by atoms with Gasteiger partial charge in [0.25, 0.3) is 0 Å². The quantitative estimate of drug-likeness (QED) is 0.397.